The van der Waals surface area contributed by atoms with E-state index < -0.39 is 0 Å². The number of anilines is 1. The van der Waals surface area contributed by atoms with Crippen molar-refractivity contribution >= 4 is 34.2 Å². The van der Waals surface area contributed by atoms with Crippen LogP contribution in [0.3, 0.4) is 0 Å². The fourth-order valence-electron chi connectivity index (χ4n) is 1.46. The molecule has 0 atom stereocenters. The number of nitriles is 1. The highest BCUT2D eigenvalue weighted by Crippen LogP contribution is 2.22. The second-order valence-electron chi connectivity index (χ2n) is 3.84. The number of aliphatic imine (C=N–C) groups is 1. The van der Waals surface area contributed by atoms with Crippen molar-refractivity contribution in [2.24, 2.45) is 4.99 Å². The Morgan fingerprint density at radius 2 is 2.30 bits per heavy atom. The quantitative estimate of drug-likeness (QED) is 0.383. The predicted molar refractivity (Wildman–Crippen MR) is 81.0 cm³/mol. The second kappa shape index (κ2) is 8.19. The lowest BCUT2D eigenvalue weighted by molar-refractivity contribution is -0.119. The normalized spacial score (nSPS) is 10.8. The number of carbonyl (C=O) groups is 1. The number of ether oxygens (including phenoxy) is 1. The number of amidine groups is 1. The second-order valence-corrected chi connectivity index (χ2v) is 4.63. The Bertz CT molecular complexity index is 552. The SMILES string of the molecule is COCC(=O)Nc1ccc(N=C(NC#N)SC)cc1C. The number of nitrogens with zero attached hydrogens (tertiary/aromatic N) is 2. The van der Waals surface area contributed by atoms with E-state index in [1.165, 1.54) is 18.9 Å². The molecule has 1 aromatic carbocycles. The monoisotopic (exact) mass is 292 g/mol. The van der Waals surface area contributed by atoms with Gasteiger partial charge in [-0.3, -0.25) is 10.1 Å². The molecule has 0 fully saturated rings. The molecule has 1 aromatic rings. The van der Waals surface area contributed by atoms with Gasteiger partial charge in [-0.25, -0.2) is 4.99 Å². The minimum absolute atomic E-state index is 0.0159. The van der Waals surface area contributed by atoms with Gasteiger partial charge >= 0.3 is 0 Å². The van der Waals surface area contributed by atoms with Crippen molar-refractivity contribution in [3.63, 3.8) is 0 Å². The standard InChI is InChI=1S/C13H16N4O2S/c1-9-6-10(16-13(20-3)15-8-14)4-5-11(9)17-12(18)7-19-2/h4-6H,7H2,1-3H3,(H,15,16)(H,17,18). The Morgan fingerprint density at radius 3 is 2.85 bits per heavy atom. The van der Waals surface area contributed by atoms with Gasteiger partial charge in [0.05, 0.1) is 5.69 Å². The van der Waals surface area contributed by atoms with Gasteiger partial charge in [-0.15, -0.1) is 0 Å². The van der Waals surface area contributed by atoms with E-state index in [1.54, 1.807) is 12.1 Å². The van der Waals surface area contributed by atoms with Crippen LogP contribution in [0, 0.1) is 18.4 Å². The smallest absolute Gasteiger partial charge is 0.250 e. The van der Waals surface area contributed by atoms with Crippen LogP contribution in [0.5, 0.6) is 0 Å². The molecule has 0 aromatic heterocycles. The topological polar surface area (TPSA) is 86.5 Å². The molecule has 0 heterocycles. The van der Waals surface area contributed by atoms with Crippen molar-refractivity contribution in [2.45, 2.75) is 6.92 Å². The van der Waals surface area contributed by atoms with E-state index in [4.69, 9.17) is 10.00 Å². The summed E-state index contributed by atoms with van der Waals surface area (Å²) in [6, 6.07) is 5.37. The summed E-state index contributed by atoms with van der Waals surface area (Å²) in [5, 5.41) is 14.3. The molecule has 1 amide bonds. The Morgan fingerprint density at radius 1 is 1.55 bits per heavy atom. The van der Waals surface area contributed by atoms with Gasteiger partial charge in [-0.05, 0) is 36.9 Å². The molecule has 2 N–H and O–H groups in total. The summed E-state index contributed by atoms with van der Waals surface area (Å²) in [6.07, 6.45) is 3.66. The number of aryl methyl sites for hydroxylation is 1. The van der Waals surface area contributed by atoms with Crippen LogP contribution in [0.15, 0.2) is 23.2 Å². The molecule has 0 aliphatic rings. The van der Waals surface area contributed by atoms with E-state index >= 15 is 0 Å². The predicted octanol–water partition coefficient (Wildman–Crippen LogP) is 2.00. The van der Waals surface area contributed by atoms with Crippen LogP contribution < -0.4 is 10.6 Å². The van der Waals surface area contributed by atoms with Gasteiger partial charge in [-0.1, -0.05) is 11.8 Å². The third-order valence-corrected chi connectivity index (χ3v) is 2.93. The van der Waals surface area contributed by atoms with Crippen LogP contribution in [0.1, 0.15) is 5.56 Å². The molecule has 0 spiro atoms. The van der Waals surface area contributed by atoms with Crippen molar-refractivity contribution in [1.29, 1.82) is 5.26 Å². The molecule has 0 radical (unpaired) electrons. The number of hydrogen-bond acceptors (Lipinski definition) is 5. The number of methoxy groups -OCH3 is 1. The average Bonchev–Trinajstić information content (AvgIpc) is 2.41. The molecule has 0 aliphatic heterocycles. The zero-order valence-electron chi connectivity index (χ0n) is 11.6. The molecule has 0 unspecified atom stereocenters. The molecule has 0 bridgehead atoms. The van der Waals surface area contributed by atoms with E-state index in [0.717, 1.165) is 5.56 Å². The van der Waals surface area contributed by atoms with Crippen molar-refractivity contribution in [3.05, 3.63) is 23.8 Å². The van der Waals surface area contributed by atoms with Crippen LogP contribution in [0.2, 0.25) is 0 Å². The van der Waals surface area contributed by atoms with Crippen molar-refractivity contribution in [1.82, 2.24) is 5.32 Å². The first-order chi connectivity index (χ1) is 9.60. The molecule has 1 rings (SSSR count). The van der Waals surface area contributed by atoms with Gasteiger partial charge in [0, 0.05) is 12.8 Å². The summed E-state index contributed by atoms with van der Waals surface area (Å²) in [5.74, 6) is -0.206. The fourth-order valence-corrected chi connectivity index (χ4v) is 1.81. The summed E-state index contributed by atoms with van der Waals surface area (Å²) >= 11 is 1.35. The van der Waals surface area contributed by atoms with Gasteiger partial charge in [0.2, 0.25) is 5.91 Å². The maximum absolute atomic E-state index is 11.4. The summed E-state index contributed by atoms with van der Waals surface area (Å²) in [7, 11) is 1.47. The van der Waals surface area contributed by atoms with Crippen molar-refractivity contribution < 1.29 is 9.53 Å². The number of nitrogens with one attached hydrogen (secondary N) is 2. The van der Waals surface area contributed by atoms with Crippen LogP contribution in [-0.2, 0) is 9.53 Å². The summed E-state index contributed by atoms with van der Waals surface area (Å²) < 4.78 is 4.76. The number of benzene rings is 1. The van der Waals surface area contributed by atoms with Crippen LogP contribution in [0.25, 0.3) is 0 Å². The minimum Gasteiger partial charge on any atom is -0.375 e. The van der Waals surface area contributed by atoms with Gasteiger partial charge in [0.1, 0.15) is 6.61 Å². The molecule has 20 heavy (non-hydrogen) atoms. The Kier molecular flexibility index (Phi) is 6.56. The third-order valence-electron chi connectivity index (χ3n) is 2.35. The van der Waals surface area contributed by atoms with Gasteiger partial charge < -0.3 is 10.1 Å². The molecule has 7 heteroatoms. The zero-order valence-corrected chi connectivity index (χ0v) is 12.4. The largest absolute Gasteiger partial charge is 0.375 e. The molecule has 6 nitrogen and oxygen atoms in total. The first-order valence-corrected chi connectivity index (χ1v) is 7.00. The average molecular weight is 292 g/mol. The molecule has 0 saturated carbocycles. The molecule has 0 aliphatic carbocycles. The summed E-state index contributed by atoms with van der Waals surface area (Å²) in [4.78, 5) is 15.7. The third kappa shape index (κ3) is 4.91. The lowest BCUT2D eigenvalue weighted by atomic mass is 10.2. The number of hydrogen-bond donors (Lipinski definition) is 2. The summed E-state index contributed by atoms with van der Waals surface area (Å²) in [6.45, 7) is 1.89. The lowest BCUT2D eigenvalue weighted by Gasteiger charge is -2.09. The van der Waals surface area contributed by atoms with E-state index in [1.807, 2.05) is 25.4 Å². The van der Waals surface area contributed by atoms with E-state index in [-0.39, 0.29) is 12.5 Å². The Balaban J connectivity index is 2.88. The van der Waals surface area contributed by atoms with Gasteiger partial charge in [0.25, 0.3) is 0 Å². The van der Waals surface area contributed by atoms with Crippen molar-refractivity contribution in [2.75, 3.05) is 25.3 Å². The highest BCUT2D eigenvalue weighted by atomic mass is 32.2. The zero-order chi connectivity index (χ0) is 15.0. The van der Waals surface area contributed by atoms with Gasteiger partial charge in [0.15, 0.2) is 11.4 Å². The first-order valence-electron chi connectivity index (χ1n) is 5.78. The van der Waals surface area contributed by atoms with Gasteiger partial charge in [-0.2, -0.15) is 5.26 Å². The Hall–Kier alpha value is -2.04. The van der Waals surface area contributed by atoms with Crippen LogP contribution in [-0.4, -0.2) is 31.0 Å². The van der Waals surface area contributed by atoms with Crippen molar-refractivity contribution in [3.8, 4) is 6.19 Å². The number of rotatable bonds is 4. The maximum atomic E-state index is 11.4. The first kappa shape index (κ1) is 16.0. The summed E-state index contributed by atoms with van der Waals surface area (Å²) in [5.41, 5.74) is 2.30. The number of thioether (sulfide) groups is 1. The minimum atomic E-state index is -0.206. The van der Waals surface area contributed by atoms with E-state index in [2.05, 4.69) is 15.6 Å². The molecular weight excluding hydrogens is 276 g/mol. The highest BCUT2D eigenvalue weighted by Gasteiger charge is 2.05. The van der Waals surface area contributed by atoms with Crippen LogP contribution in [0.4, 0.5) is 11.4 Å². The molecule has 0 saturated heterocycles. The lowest BCUT2D eigenvalue weighted by Crippen LogP contribution is -2.17. The molecule has 106 valence electrons. The fraction of sp³-hybridized carbons (Fsp3) is 0.308. The number of amides is 1. The Labute approximate surface area is 122 Å². The highest BCUT2D eigenvalue weighted by molar-refractivity contribution is 8.13. The van der Waals surface area contributed by atoms with Crippen LogP contribution >= 0.6 is 11.8 Å². The van der Waals surface area contributed by atoms with E-state index in [9.17, 15) is 4.79 Å². The number of carbonyl (C=O) groups excluding carboxylic acids is 1. The molecular formula is C13H16N4O2S. The maximum Gasteiger partial charge on any atom is 0.250 e. The van der Waals surface area contributed by atoms with E-state index in [0.29, 0.717) is 16.5 Å².